The Morgan fingerprint density at radius 3 is 2.19 bits per heavy atom. The van der Waals surface area contributed by atoms with Crippen molar-refractivity contribution in [3.05, 3.63) is 65.2 Å². The molecule has 112 valence electrons. The monoisotopic (exact) mass is 292 g/mol. The fraction of sp³-hybridized carbons (Fsp3) is 0.294. The first-order chi connectivity index (χ1) is 9.97. The minimum Gasteiger partial charge on any atom is -0.487 e. The second-order valence-electron chi connectivity index (χ2n) is 5.22. The topological polar surface area (TPSA) is 29.5 Å². The number of hydrogen-bond acceptors (Lipinski definition) is 2. The van der Waals surface area contributed by atoms with Gasteiger partial charge in [-0.1, -0.05) is 38.1 Å². The molecule has 1 unspecified atom stereocenters. The van der Waals surface area contributed by atoms with Crippen LogP contribution in [0.3, 0.4) is 0 Å². The van der Waals surface area contributed by atoms with Gasteiger partial charge in [-0.25, -0.2) is 8.78 Å². The predicted molar refractivity (Wildman–Crippen MR) is 77.3 cm³/mol. The van der Waals surface area contributed by atoms with E-state index in [1.807, 2.05) is 24.3 Å². The quantitative estimate of drug-likeness (QED) is 0.895. The van der Waals surface area contributed by atoms with E-state index in [-0.39, 0.29) is 12.4 Å². The molecule has 4 heteroatoms. The number of halogens is 2. The molecule has 0 saturated heterocycles. The molecule has 0 bridgehead atoms. The van der Waals surface area contributed by atoms with Gasteiger partial charge in [-0.3, -0.25) is 0 Å². The highest BCUT2D eigenvalue weighted by Crippen LogP contribution is 2.22. The summed E-state index contributed by atoms with van der Waals surface area (Å²) < 4.78 is 31.4. The molecule has 2 aromatic carbocycles. The largest absolute Gasteiger partial charge is 0.487 e. The van der Waals surface area contributed by atoms with Crippen LogP contribution in [-0.2, 0) is 0 Å². The van der Waals surface area contributed by atoms with Crippen LogP contribution in [0.1, 0.15) is 37.0 Å². The Kier molecular flexibility index (Phi) is 4.91. The van der Waals surface area contributed by atoms with Crippen LogP contribution in [-0.4, -0.2) is 11.7 Å². The van der Waals surface area contributed by atoms with Gasteiger partial charge in [0.05, 0.1) is 0 Å². The number of rotatable bonds is 5. The summed E-state index contributed by atoms with van der Waals surface area (Å²) in [6, 6.07) is 10.6. The van der Waals surface area contributed by atoms with Crippen molar-refractivity contribution in [1.29, 1.82) is 0 Å². The summed E-state index contributed by atoms with van der Waals surface area (Å²) in [6.45, 7) is 4.08. The summed E-state index contributed by atoms with van der Waals surface area (Å²) in [4.78, 5) is 0. The van der Waals surface area contributed by atoms with E-state index in [1.165, 1.54) is 11.6 Å². The first-order valence-corrected chi connectivity index (χ1v) is 6.83. The molecule has 0 aliphatic heterocycles. The van der Waals surface area contributed by atoms with Gasteiger partial charge in [0.1, 0.15) is 18.5 Å². The van der Waals surface area contributed by atoms with E-state index in [9.17, 15) is 13.9 Å². The first kappa shape index (κ1) is 15.4. The molecule has 0 fully saturated rings. The Morgan fingerprint density at radius 2 is 1.62 bits per heavy atom. The van der Waals surface area contributed by atoms with E-state index >= 15 is 0 Å². The van der Waals surface area contributed by atoms with E-state index in [4.69, 9.17) is 4.74 Å². The summed E-state index contributed by atoms with van der Waals surface area (Å²) in [5, 5.41) is 10.0. The fourth-order valence-electron chi connectivity index (χ4n) is 1.96. The molecule has 1 N–H and O–H groups in total. The van der Waals surface area contributed by atoms with Crippen LogP contribution >= 0.6 is 0 Å². The van der Waals surface area contributed by atoms with Crippen molar-refractivity contribution in [1.82, 2.24) is 0 Å². The molecule has 0 aliphatic rings. The molecule has 0 heterocycles. The van der Waals surface area contributed by atoms with Crippen LogP contribution in [0.4, 0.5) is 8.78 Å². The fourth-order valence-corrected chi connectivity index (χ4v) is 1.96. The second kappa shape index (κ2) is 6.68. The van der Waals surface area contributed by atoms with E-state index in [0.29, 0.717) is 11.5 Å². The van der Waals surface area contributed by atoms with Gasteiger partial charge in [0.2, 0.25) is 0 Å². The average molecular weight is 292 g/mol. The molecule has 2 nitrogen and oxygen atoms in total. The molecular formula is C17H18F2O2. The van der Waals surface area contributed by atoms with E-state index in [1.54, 1.807) is 0 Å². The summed E-state index contributed by atoms with van der Waals surface area (Å²) in [5.74, 6) is -1.10. The number of ether oxygens (including phenoxy) is 1. The zero-order chi connectivity index (χ0) is 15.4. The normalized spacial score (nSPS) is 12.5. The lowest BCUT2D eigenvalue weighted by atomic mass is 10.0. The van der Waals surface area contributed by atoms with Crippen LogP contribution in [0.5, 0.6) is 5.75 Å². The molecule has 1 atom stereocenters. The summed E-state index contributed by atoms with van der Waals surface area (Å²) >= 11 is 0. The molecule has 0 amide bonds. The summed E-state index contributed by atoms with van der Waals surface area (Å²) in [7, 11) is 0. The lowest BCUT2D eigenvalue weighted by Gasteiger charge is -2.14. The molecule has 0 aliphatic carbocycles. The van der Waals surface area contributed by atoms with Crippen molar-refractivity contribution >= 4 is 0 Å². The lowest BCUT2D eigenvalue weighted by molar-refractivity contribution is 0.105. The van der Waals surface area contributed by atoms with Gasteiger partial charge in [0.25, 0.3) is 0 Å². The van der Waals surface area contributed by atoms with Gasteiger partial charge in [-0.2, -0.15) is 0 Å². The SMILES string of the molecule is CC(C)c1ccc(C(O)COc2ccc(F)cc2F)cc1. The van der Waals surface area contributed by atoms with Gasteiger partial charge >= 0.3 is 0 Å². The third-order valence-corrected chi connectivity index (χ3v) is 3.28. The minimum atomic E-state index is -0.865. The average Bonchev–Trinajstić information content (AvgIpc) is 2.46. The highest BCUT2D eigenvalue weighted by molar-refractivity contribution is 5.27. The molecule has 0 radical (unpaired) electrons. The van der Waals surface area contributed by atoms with Gasteiger partial charge < -0.3 is 9.84 Å². The zero-order valence-corrected chi connectivity index (χ0v) is 12.0. The van der Waals surface area contributed by atoms with Crippen molar-refractivity contribution in [2.45, 2.75) is 25.9 Å². The smallest absolute Gasteiger partial charge is 0.167 e. The molecule has 0 spiro atoms. The van der Waals surface area contributed by atoms with Crippen LogP contribution in [0.2, 0.25) is 0 Å². The van der Waals surface area contributed by atoms with Crippen LogP contribution < -0.4 is 4.74 Å². The maximum atomic E-state index is 13.4. The first-order valence-electron chi connectivity index (χ1n) is 6.83. The van der Waals surface area contributed by atoms with Crippen molar-refractivity contribution < 1.29 is 18.6 Å². The molecule has 2 rings (SSSR count). The highest BCUT2D eigenvalue weighted by Gasteiger charge is 2.11. The molecule has 0 aromatic heterocycles. The van der Waals surface area contributed by atoms with Crippen LogP contribution in [0, 0.1) is 11.6 Å². The van der Waals surface area contributed by atoms with Crippen molar-refractivity contribution in [3.63, 3.8) is 0 Å². The van der Waals surface area contributed by atoms with Gasteiger partial charge in [0.15, 0.2) is 11.6 Å². The minimum absolute atomic E-state index is 0.0748. The van der Waals surface area contributed by atoms with Gasteiger partial charge in [0, 0.05) is 6.07 Å². The van der Waals surface area contributed by atoms with Gasteiger partial charge in [-0.15, -0.1) is 0 Å². The predicted octanol–water partition coefficient (Wildman–Crippen LogP) is 4.20. The highest BCUT2D eigenvalue weighted by atomic mass is 19.1. The number of aliphatic hydroxyl groups is 1. The summed E-state index contributed by atoms with van der Waals surface area (Å²) in [6.07, 6.45) is -0.865. The van der Waals surface area contributed by atoms with Crippen molar-refractivity contribution in [3.8, 4) is 5.75 Å². The van der Waals surface area contributed by atoms with E-state index in [0.717, 1.165) is 12.1 Å². The Labute approximate surface area is 123 Å². The van der Waals surface area contributed by atoms with Crippen LogP contribution in [0.15, 0.2) is 42.5 Å². The van der Waals surface area contributed by atoms with E-state index in [2.05, 4.69) is 13.8 Å². The maximum Gasteiger partial charge on any atom is 0.167 e. The molecular weight excluding hydrogens is 274 g/mol. The summed E-state index contributed by atoms with van der Waals surface area (Å²) in [5.41, 5.74) is 1.87. The number of benzene rings is 2. The zero-order valence-electron chi connectivity index (χ0n) is 12.0. The second-order valence-corrected chi connectivity index (χ2v) is 5.22. The Balaban J connectivity index is 1.99. The Bertz CT molecular complexity index is 594. The maximum absolute atomic E-state index is 13.4. The molecule has 0 saturated carbocycles. The van der Waals surface area contributed by atoms with Crippen LogP contribution in [0.25, 0.3) is 0 Å². The van der Waals surface area contributed by atoms with Crippen molar-refractivity contribution in [2.75, 3.05) is 6.61 Å². The number of hydrogen-bond donors (Lipinski definition) is 1. The molecule has 21 heavy (non-hydrogen) atoms. The standard InChI is InChI=1S/C17H18F2O2/c1-11(2)12-3-5-13(6-4-12)16(20)10-21-17-8-7-14(18)9-15(17)19/h3-9,11,16,20H,10H2,1-2H3. The lowest BCUT2D eigenvalue weighted by Crippen LogP contribution is -2.10. The molecule has 2 aromatic rings. The van der Waals surface area contributed by atoms with Crippen molar-refractivity contribution in [2.24, 2.45) is 0 Å². The third-order valence-electron chi connectivity index (χ3n) is 3.28. The van der Waals surface area contributed by atoms with Gasteiger partial charge in [-0.05, 0) is 29.2 Å². The Morgan fingerprint density at radius 1 is 1.00 bits per heavy atom. The Hall–Kier alpha value is -1.94. The van der Waals surface area contributed by atoms with E-state index < -0.39 is 17.7 Å². The third kappa shape index (κ3) is 4.02. The number of aliphatic hydroxyl groups excluding tert-OH is 1.